The monoisotopic (exact) mass is 380 g/mol. The van der Waals surface area contributed by atoms with Crippen LogP contribution in [0.2, 0.25) is 5.02 Å². The number of carbonyl (C=O) groups is 1. The first-order chi connectivity index (χ1) is 11.9. The van der Waals surface area contributed by atoms with E-state index in [1.807, 2.05) is 0 Å². The van der Waals surface area contributed by atoms with Crippen molar-refractivity contribution >= 4 is 33.2 Å². The van der Waals surface area contributed by atoms with Gasteiger partial charge in [-0.2, -0.15) is 4.72 Å². The number of hydrogen-bond donors (Lipinski definition) is 1. The second-order valence-electron chi connectivity index (χ2n) is 5.58. The van der Waals surface area contributed by atoms with Crippen molar-refractivity contribution in [2.45, 2.75) is 17.4 Å². The van der Waals surface area contributed by atoms with Crippen LogP contribution in [0.15, 0.2) is 53.4 Å². The van der Waals surface area contributed by atoms with Crippen molar-refractivity contribution in [3.63, 3.8) is 0 Å². The minimum absolute atomic E-state index is 0.0348. The lowest BCUT2D eigenvalue weighted by Crippen LogP contribution is -2.41. The fraction of sp³-hybridized carbons (Fsp3) is 0.235. The van der Waals surface area contributed by atoms with E-state index < -0.39 is 16.1 Å². The zero-order chi connectivity index (χ0) is 18.0. The van der Waals surface area contributed by atoms with Crippen LogP contribution in [0, 0.1) is 0 Å². The molecule has 0 bridgehead atoms. The third kappa shape index (κ3) is 3.63. The number of benzene rings is 2. The quantitative estimate of drug-likeness (QED) is 0.864. The normalized spacial score (nSPS) is 17.8. The third-order valence-corrected chi connectivity index (χ3v) is 5.98. The summed E-state index contributed by atoms with van der Waals surface area (Å²) in [6.07, 6.45) is 0.383. The number of halogens is 1. The van der Waals surface area contributed by atoms with Gasteiger partial charge in [-0.1, -0.05) is 23.7 Å². The first-order valence-corrected chi connectivity index (χ1v) is 9.51. The van der Waals surface area contributed by atoms with Crippen LogP contribution in [0.3, 0.4) is 0 Å². The predicted molar refractivity (Wildman–Crippen MR) is 95.5 cm³/mol. The van der Waals surface area contributed by atoms with E-state index in [9.17, 15) is 13.2 Å². The predicted octanol–water partition coefficient (Wildman–Crippen LogP) is 2.43. The molecule has 0 saturated carbocycles. The minimum Gasteiger partial charge on any atom is -0.497 e. The fourth-order valence-electron chi connectivity index (χ4n) is 2.72. The molecule has 0 aromatic heterocycles. The van der Waals surface area contributed by atoms with E-state index in [1.54, 1.807) is 48.4 Å². The van der Waals surface area contributed by atoms with Crippen molar-refractivity contribution in [3.8, 4) is 5.75 Å². The topological polar surface area (TPSA) is 75.7 Å². The van der Waals surface area contributed by atoms with Gasteiger partial charge >= 0.3 is 0 Å². The highest BCUT2D eigenvalue weighted by atomic mass is 35.5. The smallest absolute Gasteiger partial charge is 0.245 e. The average molecular weight is 381 g/mol. The van der Waals surface area contributed by atoms with Gasteiger partial charge in [0.15, 0.2) is 0 Å². The zero-order valence-corrected chi connectivity index (χ0v) is 15.0. The number of nitrogens with zero attached hydrogens (tertiary/aromatic N) is 1. The summed E-state index contributed by atoms with van der Waals surface area (Å²) in [6.45, 7) is 0.431. The number of hydrogen-bond acceptors (Lipinski definition) is 4. The number of sulfonamides is 1. The summed E-state index contributed by atoms with van der Waals surface area (Å²) >= 11 is 5.96. The van der Waals surface area contributed by atoms with Crippen molar-refractivity contribution in [3.05, 3.63) is 53.6 Å². The average Bonchev–Trinajstić information content (AvgIpc) is 2.95. The Balaban J connectivity index is 1.77. The summed E-state index contributed by atoms with van der Waals surface area (Å²) in [6, 6.07) is 12.4. The van der Waals surface area contributed by atoms with Crippen LogP contribution in [-0.4, -0.2) is 34.0 Å². The standard InChI is InChI=1S/C17H17ClN2O4S/c1-24-13-8-6-12(7-9-13)20-11-10-15(17(20)21)19-25(22,23)16-5-3-2-4-14(16)18/h2-9,15,19H,10-11H2,1H3/t15-/m0/s1. The molecular formula is C17H17ClN2O4S. The molecule has 0 radical (unpaired) electrons. The van der Waals surface area contributed by atoms with Crippen LogP contribution >= 0.6 is 11.6 Å². The lowest BCUT2D eigenvalue weighted by molar-refractivity contribution is -0.118. The van der Waals surface area contributed by atoms with Gasteiger partial charge in [-0.15, -0.1) is 0 Å². The molecule has 3 rings (SSSR count). The number of methoxy groups -OCH3 is 1. The highest BCUT2D eigenvalue weighted by molar-refractivity contribution is 7.89. The van der Waals surface area contributed by atoms with Gasteiger partial charge in [0.05, 0.1) is 12.1 Å². The largest absolute Gasteiger partial charge is 0.497 e. The number of nitrogens with one attached hydrogen (secondary N) is 1. The van der Waals surface area contributed by atoms with Crippen molar-refractivity contribution in [1.29, 1.82) is 0 Å². The van der Waals surface area contributed by atoms with Crippen molar-refractivity contribution in [1.82, 2.24) is 4.72 Å². The molecule has 1 aliphatic heterocycles. The summed E-state index contributed by atoms with van der Waals surface area (Å²) in [5, 5.41) is 0.118. The minimum atomic E-state index is -3.87. The lowest BCUT2D eigenvalue weighted by atomic mass is 10.2. The van der Waals surface area contributed by atoms with Gasteiger partial charge in [0.2, 0.25) is 15.9 Å². The van der Waals surface area contributed by atoms with Gasteiger partial charge in [0.25, 0.3) is 0 Å². The first kappa shape index (κ1) is 17.7. The molecule has 1 N–H and O–H groups in total. The summed E-state index contributed by atoms with van der Waals surface area (Å²) in [5.41, 5.74) is 0.699. The first-order valence-electron chi connectivity index (χ1n) is 7.64. The maximum Gasteiger partial charge on any atom is 0.245 e. The van der Waals surface area contributed by atoms with Crippen LogP contribution in [0.4, 0.5) is 5.69 Å². The Labute approximate surface area is 151 Å². The van der Waals surface area contributed by atoms with Crippen LogP contribution in [0.25, 0.3) is 0 Å². The molecule has 25 heavy (non-hydrogen) atoms. The third-order valence-electron chi connectivity index (χ3n) is 4.01. The molecule has 1 amide bonds. The van der Waals surface area contributed by atoms with Crippen molar-refractivity contribution in [2.24, 2.45) is 0 Å². The molecule has 1 atom stereocenters. The number of anilines is 1. The van der Waals surface area contributed by atoms with E-state index in [0.717, 1.165) is 0 Å². The summed E-state index contributed by atoms with van der Waals surface area (Å²) in [5.74, 6) is 0.396. The van der Waals surface area contributed by atoms with Crippen LogP contribution in [-0.2, 0) is 14.8 Å². The van der Waals surface area contributed by atoms with Gasteiger partial charge in [0.1, 0.15) is 16.7 Å². The molecule has 1 saturated heterocycles. The zero-order valence-electron chi connectivity index (χ0n) is 13.5. The van der Waals surface area contributed by atoms with Gasteiger partial charge in [0, 0.05) is 12.2 Å². The molecule has 2 aromatic rings. The Morgan fingerprint density at radius 3 is 2.48 bits per heavy atom. The summed E-state index contributed by atoms with van der Waals surface area (Å²) in [7, 11) is -2.31. The van der Waals surface area contributed by atoms with E-state index in [2.05, 4.69) is 4.72 Å². The second kappa shape index (κ2) is 7.03. The molecule has 2 aromatic carbocycles. The van der Waals surface area contributed by atoms with Crippen molar-refractivity contribution in [2.75, 3.05) is 18.6 Å². The number of carbonyl (C=O) groups excluding carboxylic acids is 1. The van der Waals surface area contributed by atoms with E-state index >= 15 is 0 Å². The molecule has 0 aliphatic carbocycles. The molecule has 1 heterocycles. The SMILES string of the molecule is COc1ccc(N2CC[C@H](NS(=O)(=O)c3ccccc3Cl)C2=O)cc1. The number of amides is 1. The maximum atomic E-state index is 12.6. The molecule has 6 nitrogen and oxygen atoms in total. The van der Waals surface area contributed by atoms with Gasteiger partial charge in [-0.3, -0.25) is 4.79 Å². The molecule has 0 spiro atoms. The van der Waals surface area contributed by atoms with Crippen LogP contribution in [0.5, 0.6) is 5.75 Å². The summed E-state index contributed by atoms with van der Waals surface area (Å²) < 4.78 is 32.6. The molecule has 8 heteroatoms. The molecule has 1 aliphatic rings. The highest BCUT2D eigenvalue weighted by Crippen LogP contribution is 2.26. The molecule has 0 unspecified atom stereocenters. The Morgan fingerprint density at radius 2 is 1.84 bits per heavy atom. The molecule has 1 fully saturated rings. The van der Waals surface area contributed by atoms with Crippen LogP contribution < -0.4 is 14.4 Å². The van der Waals surface area contributed by atoms with E-state index in [0.29, 0.717) is 24.4 Å². The Bertz CT molecular complexity index is 884. The van der Waals surface area contributed by atoms with Crippen molar-refractivity contribution < 1.29 is 17.9 Å². The number of ether oxygens (including phenoxy) is 1. The van der Waals surface area contributed by atoms with Crippen LogP contribution in [0.1, 0.15) is 6.42 Å². The fourth-order valence-corrected chi connectivity index (χ4v) is 4.46. The van der Waals surface area contributed by atoms with Gasteiger partial charge in [-0.05, 0) is 42.8 Å². The molecular weight excluding hydrogens is 364 g/mol. The van der Waals surface area contributed by atoms with E-state index in [-0.39, 0.29) is 15.8 Å². The van der Waals surface area contributed by atoms with E-state index in [1.165, 1.54) is 12.1 Å². The summed E-state index contributed by atoms with van der Waals surface area (Å²) in [4.78, 5) is 14.1. The molecule has 132 valence electrons. The second-order valence-corrected chi connectivity index (χ2v) is 7.67. The lowest BCUT2D eigenvalue weighted by Gasteiger charge is -2.18. The van der Waals surface area contributed by atoms with E-state index in [4.69, 9.17) is 16.3 Å². The Morgan fingerprint density at radius 1 is 1.16 bits per heavy atom. The van der Waals surface area contributed by atoms with Gasteiger partial charge < -0.3 is 9.64 Å². The Hall–Kier alpha value is -2.09. The van der Waals surface area contributed by atoms with Gasteiger partial charge in [-0.25, -0.2) is 8.42 Å². The Kier molecular flexibility index (Phi) is 4.99. The number of rotatable bonds is 5. The highest BCUT2D eigenvalue weighted by Gasteiger charge is 2.36. The maximum absolute atomic E-state index is 12.6.